The van der Waals surface area contributed by atoms with Gasteiger partial charge in [0.25, 0.3) is 0 Å². The molecule has 0 aromatic carbocycles. The molecule has 1 rings (SSSR count). The smallest absolute Gasteiger partial charge is 0.345 e. The van der Waals surface area contributed by atoms with E-state index in [1.54, 1.807) is 6.92 Å². The van der Waals surface area contributed by atoms with Crippen LogP contribution in [0.15, 0.2) is 12.3 Å². The van der Waals surface area contributed by atoms with E-state index in [0.29, 0.717) is 5.69 Å². The second-order valence-corrected chi connectivity index (χ2v) is 2.59. The van der Waals surface area contributed by atoms with Crippen molar-refractivity contribution in [3.8, 4) is 0 Å². The van der Waals surface area contributed by atoms with E-state index in [1.807, 2.05) is 0 Å². The number of aromatic nitrogens is 1. The molecule has 0 aliphatic carbocycles. The topological polar surface area (TPSA) is 82.3 Å². The molecule has 0 bridgehead atoms. The predicted molar refractivity (Wildman–Crippen MR) is 47.0 cm³/mol. The maximum absolute atomic E-state index is 11.1. The van der Waals surface area contributed by atoms with Gasteiger partial charge in [-0.2, -0.15) is 0 Å². The van der Waals surface area contributed by atoms with Crippen molar-refractivity contribution in [1.82, 2.24) is 4.98 Å². The van der Waals surface area contributed by atoms with Gasteiger partial charge in [0, 0.05) is 5.69 Å². The molecule has 0 fully saturated rings. The highest BCUT2D eigenvalue weighted by Gasteiger charge is 2.21. The van der Waals surface area contributed by atoms with E-state index in [2.05, 4.69) is 9.72 Å². The van der Waals surface area contributed by atoms with E-state index in [-0.39, 0.29) is 11.3 Å². The molecule has 6 heteroatoms. The van der Waals surface area contributed by atoms with Crippen molar-refractivity contribution in [2.75, 3.05) is 7.11 Å². The minimum Gasteiger partial charge on any atom is -0.465 e. The molecule has 0 saturated carbocycles. The van der Waals surface area contributed by atoms with Crippen molar-refractivity contribution < 1.29 is 14.5 Å². The average molecular weight is 196 g/mol. The number of hydrogen-bond acceptors (Lipinski definition) is 5. The summed E-state index contributed by atoms with van der Waals surface area (Å²) in [5.74, 6) is -0.734. The third-order valence-corrected chi connectivity index (χ3v) is 1.62. The lowest BCUT2D eigenvalue weighted by Gasteiger charge is -2.00. The molecular weight excluding hydrogens is 188 g/mol. The van der Waals surface area contributed by atoms with Gasteiger partial charge in [-0.1, -0.05) is 0 Å². The zero-order valence-electron chi connectivity index (χ0n) is 7.68. The predicted octanol–water partition coefficient (Wildman–Crippen LogP) is 1.08. The van der Waals surface area contributed by atoms with Gasteiger partial charge in [0.15, 0.2) is 0 Å². The van der Waals surface area contributed by atoms with Crippen LogP contribution in [-0.2, 0) is 4.74 Å². The highest BCUT2D eigenvalue weighted by atomic mass is 16.6. The highest BCUT2D eigenvalue weighted by Crippen LogP contribution is 2.18. The SMILES string of the molecule is COC(=O)c1cc(C)ncc1[N+](=O)[O-]. The minimum atomic E-state index is -0.734. The number of rotatable bonds is 2. The van der Waals surface area contributed by atoms with Gasteiger partial charge in [-0.25, -0.2) is 4.79 Å². The van der Waals surface area contributed by atoms with E-state index >= 15 is 0 Å². The maximum Gasteiger partial charge on any atom is 0.345 e. The lowest BCUT2D eigenvalue weighted by atomic mass is 10.2. The first-order valence-corrected chi connectivity index (χ1v) is 3.75. The van der Waals surface area contributed by atoms with Gasteiger partial charge in [0.1, 0.15) is 11.8 Å². The number of nitrogens with zero attached hydrogens (tertiary/aromatic N) is 2. The minimum absolute atomic E-state index is 0.0787. The molecule has 0 unspecified atom stereocenters. The largest absolute Gasteiger partial charge is 0.465 e. The van der Waals surface area contributed by atoms with Crippen molar-refractivity contribution in [2.24, 2.45) is 0 Å². The summed E-state index contributed by atoms with van der Waals surface area (Å²) in [6.45, 7) is 1.64. The number of aryl methyl sites for hydroxylation is 1. The van der Waals surface area contributed by atoms with Gasteiger partial charge in [0.05, 0.1) is 12.0 Å². The van der Waals surface area contributed by atoms with Crippen LogP contribution in [0.2, 0.25) is 0 Å². The van der Waals surface area contributed by atoms with Crippen LogP contribution in [0.4, 0.5) is 5.69 Å². The summed E-state index contributed by atoms with van der Waals surface area (Å²) < 4.78 is 4.41. The fourth-order valence-electron chi connectivity index (χ4n) is 0.972. The van der Waals surface area contributed by atoms with Crippen LogP contribution >= 0.6 is 0 Å². The first-order valence-electron chi connectivity index (χ1n) is 3.75. The van der Waals surface area contributed by atoms with Gasteiger partial charge in [-0.15, -0.1) is 0 Å². The molecule has 0 N–H and O–H groups in total. The molecule has 0 aliphatic rings. The number of carbonyl (C=O) groups is 1. The number of ether oxygens (including phenoxy) is 1. The molecule has 14 heavy (non-hydrogen) atoms. The monoisotopic (exact) mass is 196 g/mol. The third-order valence-electron chi connectivity index (χ3n) is 1.62. The molecule has 74 valence electrons. The summed E-state index contributed by atoms with van der Waals surface area (Å²) in [5, 5.41) is 10.5. The van der Waals surface area contributed by atoms with Gasteiger partial charge in [-0.05, 0) is 13.0 Å². The molecule has 6 nitrogen and oxygen atoms in total. The van der Waals surface area contributed by atoms with E-state index in [9.17, 15) is 14.9 Å². The fourth-order valence-corrected chi connectivity index (χ4v) is 0.972. The Morgan fingerprint density at radius 2 is 2.29 bits per heavy atom. The number of carbonyl (C=O) groups excluding carboxylic acids is 1. The van der Waals surface area contributed by atoms with Crippen LogP contribution in [-0.4, -0.2) is 23.0 Å². The second-order valence-electron chi connectivity index (χ2n) is 2.59. The Morgan fingerprint density at radius 1 is 1.64 bits per heavy atom. The van der Waals surface area contributed by atoms with Crippen molar-refractivity contribution in [1.29, 1.82) is 0 Å². The third kappa shape index (κ3) is 1.85. The standard InChI is InChI=1S/C8H8N2O4/c1-5-3-6(8(11)14-2)7(4-9-5)10(12)13/h3-4H,1-2H3. The molecule has 0 aliphatic heterocycles. The Bertz CT molecular complexity index is 389. The lowest BCUT2D eigenvalue weighted by Crippen LogP contribution is -2.06. The number of methoxy groups -OCH3 is 1. The molecule has 0 amide bonds. The average Bonchev–Trinajstić information content (AvgIpc) is 2.16. The lowest BCUT2D eigenvalue weighted by molar-refractivity contribution is -0.385. The van der Waals surface area contributed by atoms with Gasteiger partial charge in [0.2, 0.25) is 0 Å². The molecule has 1 heterocycles. The van der Waals surface area contributed by atoms with Crippen LogP contribution in [0, 0.1) is 17.0 Å². The fraction of sp³-hybridized carbons (Fsp3) is 0.250. The number of esters is 1. The van der Waals surface area contributed by atoms with Gasteiger partial charge in [-0.3, -0.25) is 15.1 Å². The van der Waals surface area contributed by atoms with Crippen LogP contribution in [0.25, 0.3) is 0 Å². The Kier molecular flexibility index (Phi) is 2.76. The van der Waals surface area contributed by atoms with Crippen LogP contribution < -0.4 is 0 Å². The molecule has 1 aromatic heterocycles. The zero-order chi connectivity index (χ0) is 10.7. The molecule has 0 radical (unpaired) electrons. The Labute approximate surface area is 79.7 Å². The summed E-state index contributed by atoms with van der Waals surface area (Å²) in [4.78, 5) is 24.7. The first kappa shape index (κ1) is 10.1. The van der Waals surface area contributed by atoms with Crippen LogP contribution in [0.1, 0.15) is 16.1 Å². The van der Waals surface area contributed by atoms with Crippen LogP contribution in [0.5, 0.6) is 0 Å². The van der Waals surface area contributed by atoms with Crippen molar-refractivity contribution in [2.45, 2.75) is 6.92 Å². The summed E-state index contributed by atoms with van der Waals surface area (Å²) in [6.07, 6.45) is 1.04. The molecule has 0 spiro atoms. The first-order chi connectivity index (χ1) is 6.56. The van der Waals surface area contributed by atoms with E-state index in [4.69, 9.17) is 0 Å². The van der Waals surface area contributed by atoms with Gasteiger partial charge >= 0.3 is 11.7 Å². The Hall–Kier alpha value is -1.98. The van der Waals surface area contributed by atoms with Crippen molar-refractivity contribution in [3.63, 3.8) is 0 Å². The Morgan fingerprint density at radius 3 is 2.79 bits per heavy atom. The normalized spacial score (nSPS) is 9.57. The quantitative estimate of drug-likeness (QED) is 0.401. The number of pyridine rings is 1. The van der Waals surface area contributed by atoms with Crippen molar-refractivity contribution in [3.05, 3.63) is 33.6 Å². The van der Waals surface area contributed by atoms with E-state index < -0.39 is 10.9 Å². The summed E-state index contributed by atoms with van der Waals surface area (Å²) in [7, 11) is 1.17. The van der Waals surface area contributed by atoms with Crippen molar-refractivity contribution >= 4 is 11.7 Å². The molecular formula is C8H8N2O4. The highest BCUT2D eigenvalue weighted by molar-refractivity contribution is 5.93. The second kappa shape index (κ2) is 3.82. The molecule has 1 aromatic rings. The van der Waals surface area contributed by atoms with E-state index in [1.165, 1.54) is 13.2 Å². The summed E-state index contributed by atoms with van der Waals surface area (Å²) >= 11 is 0. The maximum atomic E-state index is 11.1. The number of hydrogen-bond donors (Lipinski definition) is 0. The molecule has 0 saturated heterocycles. The number of nitro groups is 1. The summed E-state index contributed by atoms with van der Waals surface area (Å²) in [6, 6.07) is 1.32. The zero-order valence-corrected chi connectivity index (χ0v) is 7.68. The van der Waals surface area contributed by atoms with Gasteiger partial charge < -0.3 is 4.74 Å². The van der Waals surface area contributed by atoms with Crippen LogP contribution in [0.3, 0.4) is 0 Å². The summed E-state index contributed by atoms with van der Waals surface area (Å²) in [5.41, 5.74) is 0.100. The molecule has 0 atom stereocenters. The Balaban J connectivity index is 3.29. The van der Waals surface area contributed by atoms with E-state index in [0.717, 1.165) is 6.20 Å².